The molecule has 0 aromatic heterocycles. The summed E-state index contributed by atoms with van der Waals surface area (Å²) in [7, 11) is 0. The lowest BCUT2D eigenvalue weighted by atomic mass is 10.0. The Labute approximate surface area is 134 Å². The average molecular weight is 295 g/mol. The number of hydrogen-bond acceptors (Lipinski definition) is 1. The molecule has 0 amide bonds. The molecule has 1 nitrogen and oxygen atoms in total. The van der Waals surface area contributed by atoms with Crippen LogP contribution in [0.4, 0.5) is 0 Å². The van der Waals surface area contributed by atoms with Gasteiger partial charge in [-0.05, 0) is 24.3 Å². The second kappa shape index (κ2) is 15.3. The van der Waals surface area contributed by atoms with Crippen LogP contribution in [-0.4, -0.2) is 5.78 Å². The van der Waals surface area contributed by atoms with E-state index in [0.29, 0.717) is 5.92 Å². The van der Waals surface area contributed by atoms with E-state index in [0.717, 1.165) is 11.5 Å². The Kier molecular flexibility index (Phi) is 18.1. The van der Waals surface area contributed by atoms with Gasteiger partial charge in [0, 0.05) is 5.56 Å². The van der Waals surface area contributed by atoms with Crippen LogP contribution in [0.1, 0.15) is 97.5 Å². The van der Waals surface area contributed by atoms with Gasteiger partial charge in [-0.1, -0.05) is 93.0 Å². The summed E-state index contributed by atoms with van der Waals surface area (Å²) in [5, 5.41) is 0. The third-order valence-corrected chi connectivity index (χ3v) is 2.85. The quantitative estimate of drug-likeness (QED) is 0.531. The first-order valence-electron chi connectivity index (χ1n) is 8.11. The van der Waals surface area contributed by atoms with Crippen LogP contribution in [-0.2, 0) is 0 Å². The number of carbonyl (C=O) groups is 1. The molecule has 1 saturated carbocycles. The van der Waals surface area contributed by atoms with Crippen molar-refractivity contribution in [3.63, 3.8) is 0 Å². The van der Waals surface area contributed by atoms with E-state index in [4.69, 9.17) is 0 Å². The van der Waals surface area contributed by atoms with E-state index in [9.17, 15) is 4.79 Å². The zero-order valence-corrected chi connectivity index (χ0v) is 14.8. The Bertz CT molecular complexity index is 331. The molecule has 0 atom stereocenters. The van der Waals surface area contributed by atoms with Gasteiger partial charge in [-0.2, -0.15) is 0 Å². The topological polar surface area (TPSA) is 17.1 Å². The van der Waals surface area contributed by atoms with Gasteiger partial charge in [0.2, 0.25) is 0 Å². The molecule has 0 saturated heterocycles. The summed E-state index contributed by atoms with van der Waals surface area (Å²) in [4.78, 5) is 10.9. The Morgan fingerprint density at radius 3 is 1.52 bits per heavy atom. The van der Waals surface area contributed by atoms with Gasteiger partial charge in [-0.25, -0.2) is 0 Å². The van der Waals surface area contributed by atoms with Crippen LogP contribution in [0.25, 0.3) is 0 Å². The first-order valence-corrected chi connectivity index (χ1v) is 8.11. The number of benzene rings is 1. The number of hydrogen-bond donors (Lipinski definition) is 0. The Hall–Kier alpha value is -1.11. The van der Waals surface area contributed by atoms with E-state index in [1.807, 2.05) is 52.0 Å². The highest BCUT2D eigenvalue weighted by Gasteiger charge is 2.12. The standard InChI is InChI=1S/C11H14O.C4H8.2C2H6.CH4/c1-8(2)10-4-6-11(7-5-10)9(3)12;1-4-2-3-4;2*1-2;/h4-8H,1-3H3;4H,2-3H2,1H3;2*1-2H3;1H4. The largest absolute Gasteiger partial charge is 0.295 e. The fraction of sp³-hybridized carbons (Fsp3) is 0.650. The molecular formula is C20H38O. The van der Waals surface area contributed by atoms with E-state index >= 15 is 0 Å². The molecule has 1 aliphatic rings. The lowest BCUT2D eigenvalue weighted by Crippen LogP contribution is -1.93. The van der Waals surface area contributed by atoms with Gasteiger partial charge in [0.1, 0.15) is 0 Å². The molecule has 1 aromatic rings. The van der Waals surface area contributed by atoms with Crippen molar-refractivity contribution in [3.05, 3.63) is 35.4 Å². The van der Waals surface area contributed by atoms with Crippen molar-refractivity contribution in [2.75, 3.05) is 0 Å². The van der Waals surface area contributed by atoms with Gasteiger partial charge in [-0.3, -0.25) is 4.79 Å². The van der Waals surface area contributed by atoms with Gasteiger partial charge in [0.25, 0.3) is 0 Å². The molecule has 1 aromatic carbocycles. The lowest BCUT2D eigenvalue weighted by molar-refractivity contribution is 0.101. The summed E-state index contributed by atoms with van der Waals surface area (Å²) >= 11 is 0. The van der Waals surface area contributed by atoms with Crippen LogP contribution >= 0.6 is 0 Å². The molecule has 124 valence electrons. The van der Waals surface area contributed by atoms with Crippen LogP contribution in [0, 0.1) is 5.92 Å². The highest BCUT2D eigenvalue weighted by molar-refractivity contribution is 5.94. The highest BCUT2D eigenvalue weighted by Crippen LogP contribution is 2.26. The molecule has 21 heavy (non-hydrogen) atoms. The van der Waals surface area contributed by atoms with Gasteiger partial charge in [0.05, 0.1) is 0 Å². The van der Waals surface area contributed by atoms with Gasteiger partial charge in [-0.15, -0.1) is 0 Å². The molecule has 0 N–H and O–H groups in total. The van der Waals surface area contributed by atoms with Crippen molar-refractivity contribution >= 4 is 5.78 Å². The first kappa shape index (κ1) is 24.9. The summed E-state index contributed by atoms with van der Waals surface area (Å²) in [6.07, 6.45) is 2.97. The van der Waals surface area contributed by atoms with Crippen molar-refractivity contribution in [1.29, 1.82) is 0 Å². The van der Waals surface area contributed by atoms with Crippen LogP contribution in [0.5, 0.6) is 0 Å². The molecule has 0 unspecified atom stereocenters. The SMILES string of the molecule is C.CC.CC.CC(=O)c1ccc(C(C)C)cc1.CC1CC1. The minimum Gasteiger partial charge on any atom is -0.295 e. The van der Waals surface area contributed by atoms with E-state index < -0.39 is 0 Å². The van der Waals surface area contributed by atoms with Crippen molar-refractivity contribution in [2.45, 2.75) is 81.6 Å². The second-order valence-electron chi connectivity index (χ2n) is 5.02. The second-order valence-corrected chi connectivity index (χ2v) is 5.02. The summed E-state index contributed by atoms with van der Waals surface area (Å²) in [5.74, 6) is 1.75. The van der Waals surface area contributed by atoms with E-state index in [1.165, 1.54) is 18.4 Å². The summed E-state index contributed by atoms with van der Waals surface area (Å²) in [6.45, 7) is 16.1. The van der Waals surface area contributed by atoms with E-state index in [1.54, 1.807) is 6.92 Å². The molecule has 1 aliphatic carbocycles. The smallest absolute Gasteiger partial charge is 0.159 e. The lowest BCUT2D eigenvalue weighted by Gasteiger charge is -2.04. The summed E-state index contributed by atoms with van der Waals surface area (Å²) < 4.78 is 0. The van der Waals surface area contributed by atoms with Gasteiger partial charge in [0.15, 0.2) is 5.78 Å². The molecule has 0 spiro atoms. The normalized spacial score (nSPS) is 11.5. The predicted octanol–water partition coefficient (Wildman–Crippen LogP) is 7.12. The van der Waals surface area contributed by atoms with Gasteiger partial charge < -0.3 is 0 Å². The number of ketones is 1. The Balaban J connectivity index is -0.000000301. The molecule has 0 bridgehead atoms. The maximum absolute atomic E-state index is 10.9. The van der Waals surface area contributed by atoms with Crippen molar-refractivity contribution in [2.24, 2.45) is 5.92 Å². The predicted molar refractivity (Wildman–Crippen MR) is 98.4 cm³/mol. The van der Waals surface area contributed by atoms with Crippen LogP contribution in [0.2, 0.25) is 0 Å². The average Bonchev–Trinajstić information content (AvgIpc) is 3.26. The minimum absolute atomic E-state index is 0. The van der Waals surface area contributed by atoms with E-state index in [2.05, 4.69) is 20.8 Å². The Morgan fingerprint density at radius 2 is 1.33 bits per heavy atom. The molecule has 2 rings (SSSR count). The fourth-order valence-corrected chi connectivity index (χ4v) is 1.27. The minimum atomic E-state index is 0. The molecule has 0 heterocycles. The Morgan fingerprint density at radius 1 is 1.00 bits per heavy atom. The molecule has 1 heteroatoms. The van der Waals surface area contributed by atoms with Crippen LogP contribution in [0.15, 0.2) is 24.3 Å². The highest BCUT2D eigenvalue weighted by atomic mass is 16.1. The number of carbonyl (C=O) groups excluding carboxylic acids is 1. The first-order chi connectivity index (χ1) is 9.50. The third kappa shape index (κ3) is 13.6. The third-order valence-electron chi connectivity index (χ3n) is 2.85. The van der Waals surface area contributed by atoms with E-state index in [-0.39, 0.29) is 13.2 Å². The zero-order chi connectivity index (χ0) is 16.1. The van der Waals surface area contributed by atoms with Crippen LogP contribution in [0.3, 0.4) is 0 Å². The molecule has 1 fully saturated rings. The molecule has 0 aliphatic heterocycles. The van der Waals surface area contributed by atoms with Crippen LogP contribution < -0.4 is 0 Å². The summed E-state index contributed by atoms with van der Waals surface area (Å²) in [6, 6.07) is 7.80. The zero-order valence-electron chi connectivity index (χ0n) is 14.8. The monoisotopic (exact) mass is 294 g/mol. The summed E-state index contributed by atoms with van der Waals surface area (Å²) in [5.41, 5.74) is 2.07. The molecule has 0 radical (unpaired) electrons. The number of rotatable bonds is 2. The van der Waals surface area contributed by atoms with Gasteiger partial charge >= 0.3 is 0 Å². The number of Topliss-reactive ketones (excluding diaryl/α,β-unsaturated/α-hetero) is 1. The van der Waals surface area contributed by atoms with Crippen molar-refractivity contribution in [3.8, 4) is 0 Å². The van der Waals surface area contributed by atoms with Crippen molar-refractivity contribution < 1.29 is 4.79 Å². The fourth-order valence-electron chi connectivity index (χ4n) is 1.27. The molecular weight excluding hydrogens is 256 g/mol. The maximum Gasteiger partial charge on any atom is 0.159 e. The van der Waals surface area contributed by atoms with Crippen molar-refractivity contribution in [1.82, 2.24) is 0 Å². The maximum atomic E-state index is 10.9.